The molecule has 1 aliphatic rings. The molecular formula is C11H23FN2. The van der Waals surface area contributed by atoms with Crippen LogP contribution in [0.15, 0.2) is 0 Å². The molecule has 2 N–H and O–H groups in total. The Bertz CT molecular complexity index is 165. The van der Waals surface area contributed by atoms with Crippen molar-refractivity contribution in [1.29, 1.82) is 0 Å². The molecule has 0 radical (unpaired) electrons. The van der Waals surface area contributed by atoms with Crippen LogP contribution in [0.3, 0.4) is 0 Å². The van der Waals surface area contributed by atoms with Crippen LogP contribution in [-0.2, 0) is 0 Å². The van der Waals surface area contributed by atoms with Crippen LogP contribution in [0.1, 0.15) is 33.6 Å². The highest BCUT2D eigenvalue weighted by atomic mass is 19.1. The van der Waals surface area contributed by atoms with Crippen LogP contribution < -0.4 is 10.6 Å². The Morgan fingerprint density at radius 3 is 2.86 bits per heavy atom. The molecule has 0 aromatic carbocycles. The average molecular weight is 202 g/mol. The molecule has 3 heteroatoms. The van der Waals surface area contributed by atoms with E-state index >= 15 is 0 Å². The lowest BCUT2D eigenvalue weighted by Crippen LogP contribution is -2.52. The summed E-state index contributed by atoms with van der Waals surface area (Å²) in [7, 11) is 0. The smallest absolute Gasteiger partial charge is 0.127 e. The number of piperidine rings is 1. The Hall–Kier alpha value is -0.150. The van der Waals surface area contributed by atoms with Crippen molar-refractivity contribution in [2.24, 2.45) is 5.92 Å². The lowest BCUT2D eigenvalue weighted by molar-refractivity contribution is 0.0483. The molecule has 1 heterocycles. The highest BCUT2D eigenvalue weighted by Gasteiger charge is 2.39. The molecule has 0 aromatic heterocycles. The molecule has 0 saturated carbocycles. The second-order valence-corrected chi connectivity index (χ2v) is 4.47. The summed E-state index contributed by atoms with van der Waals surface area (Å²) in [5, 5.41) is 6.45. The minimum absolute atomic E-state index is 0.0580. The lowest BCUT2D eigenvalue weighted by Gasteiger charge is -2.38. The zero-order valence-corrected chi connectivity index (χ0v) is 9.57. The van der Waals surface area contributed by atoms with Crippen molar-refractivity contribution in [3.63, 3.8) is 0 Å². The second-order valence-electron chi connectivity index (χ2n) is 4.47. The van der Waals surface area contributed by atoms with E-state index in [4.69, 9.17) is 0 Å². The van der Waals surface area contributed by atoms with Gasteiger partial charge in [-0.1, -0.05) is 6.92 Å². The first kappa shape index (κ1) is 11.9. The molecule has 2 nitrogen and oxygen atoms in total. The van der Waals surface area contributed by atoms with E-state index in [1.54, 1.807) is 6.92 Å². The van der Waals surface area contributed by atoms with E-state index < -0.39 is 5.67 Å². The number of hydrogen-bond donors (Lipinski definition) is 2. The van der Waals surface area contributed by atoms with E-state index in [0.29, 0.717) is 0 Å². The molecule has 0 aromatic rings. The molecule has 1 aliphatic heterocycles. The molecule has 3 unspecified atom stereocenters. The predicted molar refractivity (Wildman–Crippen MR) is 58.2 cm³/mol. The second kappa shape index (κ2) is 5.08. The molecule has 0 spiro atoms. The molecule has 0 aliphatic carbocycles. The Balaban J connectivity index is 2.52. The molecule has 0 bridgehead atoms. The van der Waals surface area contributed by atoms with Crippen molar-refractivity contribution in [3.05, 3.63) is 0 Å². The fourth-order valence-electron chi connectivity index (χ4n) is 2.19. The van der Waals surface area contributed by atoms with Gasteiger partial charge in [0.15, 0.2) is 0 Å². The van der Waals surface area contributed by atoms with Crippen LogP contribution in [0, 0.1) is 5.92 Å². The first-order valence-electron chi connectivity index (χ1n) is 5.72. The summed E-state index contributed by atoms with van der Waals surface area (Å²) in [5.74, 6) is 0.158. The Labute approximate surface area is 86.6 Å². The fourth-order valence-corrected chi connectivity index (χ4v) is 2.19. The molecule has 1 rings (SSSR count). The van der Waals surface area contributed by atoms with Crippen molar-refractivity contribution < 1.29 is 4.39 Å². The van der Waals surface area contributed by atoms with Gasteiger partial charge in [-0.25, -0.2) is 4.39 Å². The molecule has 1 fully saturated rings. The maximum atomic E-state index is 14.5. The van der Waals surface area contributed by atoms with Crippen LogP contribution in [-0.4, -0.2) is 31.3 Å². The van der Waals surface area contributed by atoms with E-state index in [0.717, 1.165) is 32.5 Å². The topological polar surface area (TPSA) is 24.1 Å². The standard InChI is InChI=1S/C11H23FN2/c1-4-14-9(2)11(3,12)10-6-5-7-13-8-10/h9-10,13-14H,4-8H2,1-3H3. The molecule has 14 heavy (non-hydrogen) atoms. The van der Waals surface area contributed by atoms with E-state index in [9.17, 15) is 4.39 Å². The summed E-state index contributed by atoms with van der Waals surface area (Å²) in [6.45, 7) is 8.40. The third-order valence-electron chi connectivity index (χ3n) is 3.45. The van der Waals surface area contributed by atoms with E-state index in [-0.39, 0.29) is 12.0 Å². The van der Waals surface area contributed by atoms with Crippen molar-refractivity contribution in [2.45, 2.75) is 45.3 Å². The third kappa shape index (κ3) is 2.67. The zero-order chi connectivity index (χ0) is 10.6. The van der Waals surface area contributed by atoms with Crippen LogP contribution in [0.2, 0.25) is 0 Å². The van der Waals surface area contributed by atoms with Gasteiger partial charge in [-0.3, -0.25) is 0 Å². The van der Waals surface area contributed by atoms with Crippen molar-refractivity contribution in [1.82, 2.24) is 10.6 Å². The fraction of sp³-hybridized carbons (Fsp3) is 1.00. The maximum absolute atomic E-state index is 14.5. The van der Waals surface area contributed by atoms with Gasteiger partial charge < -0.3 is 10.6 Å². The van der Waals surface area contributed by atoms with Gasteiger partial charge in [0.1, 0.15) is 5.67 Å². The van der Waals surface area contributed by atoms with Gasteiger partial charge in [-0.2, -0.15) is 0 Å². The summed E-state index contributed by atoms with van der Waals surface area (Å²) < 4.78 is 14.5. The Morgan fingerprint density at radius 1 is 1.64 bits per heavy atom. The summed E-state index contributed by atoms with van der Waals surface area (Å²) in [6.07, 6.45) is 2.11. The average Bonchev–Trinajstić information content (AvgIpc) is 2.19. The number of hydrogen-bond acceptors (Lipinski definition) is 2. The highest BCUT2D eigenvalue weighted by molar-refractivity contribution is 4.93. The lowest BCUT2D eigenvalue weighted by atomic mass is 9.80. The Kier molecular flexibility index (Phi) is 4.32. The minimum Gasteiger partial charge on any atom is -0.316 e. The summed E-state index contributed by atoms with van der Waals surface area (Å²) in [6, 6.07) is -0.0580. The number of halogens is 1. The first-order valence-corrected chi connectivity index (χ1v) is 5.72. The van der Waals surface area contributed by atoms with Crippen molar-refractivity contribution in [2.75, 3.05) is 19.6 Å². The van der Waals surface area contributed by atoms with Crippen LogP contribution >= 0.6 is 0 Å². The monoisotopic (exact) mass is 202 g/mol. The number of alkyl halides is 1. The number of nitrogens with one attached hydrogen (secondary N) is 2. The van der Waals surface area contributed by atoms with Crippen molar-refractivity contribution in [3.8, 4) is 0 Å². The molecule has 84 valence electrons. The van der Waals surface area contributed by atoms with Crippen LogP contribution in [0.5, 0.6) is 0 Å². The molecule has 3 atom stereocenters. The number of rotatable bonds is 4. The maximum Gasteiger partial charge on any atom is 0.127 e. The van der Waals surface area contributed by atoms with Gasteiger partial charge in [-0.15, -0.1) is 0 Å². The zero-order valence-electron chi connectivity index (χ0n) is 9.57. The summed E-state index contributed by atoms with van der Waals surface area (Å²) in [4.78, 5) is 0. The van der Waals surface area contributed by atoms with Gasteiger partial charge in [0, 0.05) is 18.5 Å². The summed E-state index contributed by atoms with van der Waals surface area (Å²) in [5.41, 5.74) is -1.09. The van der Waals surface area contributed by atoms with Gasteiger partial charge in [0.05, 0.1) is 0 Å². The molecule has 1 saturated heterocycles. The van der Waals surface area contributed by atoms with E-state index in [1.807, 2.05) is 13.8 Å². The van der Waals surface area contributed by atoms with E-state index in [2.05, 4.69) is 10.6 Å². The Morgan fingerprint density at radius 2 is 2.36 bits per heavy atom. The van der Waals surface area contributed by atoms with Crippen LogP contribution in [0.4, 0.5) is 4.39 Å². The van der Waals surface area contributed by atoms with Crippen molar-refractivity contribution >= 4 is 0 Å². The van der Waals surface area contributed by atoms with Gasteiger partial charge in [0.25, 0.3) is 0 Å². The van der Waals surface area contributed by atoms with Gasteiger partial charge in [-0.05, 0) is 39.8 Å². The quantitative estimate of drug-likeness (QED) is 0.725. The summed E-state index contributed by atoms with van der Waals surface area (Å²) >= 11 is 0. The predicted octanol–water partition coefficient (Wildman–Crippen LogP) is 1.71. The largest absolute Gasteiger partial charge is 0.316 e. The normalized spacial score (nSPS) is 29.6. The first-order chi connectivity index (χ1) is 6.59. The van der Waals surface area contributed by atoms with E-state index in [1.165, 1.54) is 0 Å². The molecular weight excluding hydrogens is 179 g/mol. The van der Waals surface area contributed by atoms with Gasteiger partial charge >= 0.3 is 0 Å². The SMILES string of the molecule is CCNC(C)C(C)(F)C1CCCNC1. The van der Waals surface area contributed by atoms with Gasteiger partial charge in [0.2, 0.25) is 0 Å². The molecule has 0 amide bonds. The minimum atomic E-state index is -1.09. The van der Waals surface area contributed by atoms with Crippen LogP contribution in [0.25, 0.3) is 0 Å². The third-order valence-corrected chi connectivity index (χ3v) is 3.45. The highest BCUT2D eigenvalue weighted by Crippen LogP contribution is 2.30.